The van der Waals surface area contributed by atoms with E-state index in [-0.39, 0.29) is 18.5 Å². The van der Waals surface area contributed by atoms with Gasteiger partial charge in [-0.05, 0) is 33.1 Å². The molecular weight excluding hydrogens is 312 g/mol. The first-order valence-electron chi connectivity index (χ1n) is 8.12. The number of H-pyrrole nitrogens is 1. The van der Waals surface area contributed by atoms with E-state index < -0.39 is 23.8 Å². The van der Waals surface area contributed by atoms with Crippen LogP contribution in [0.3, 0.4) is 0 Å². The zero-order valence-corrected chi connectivity index (χ0v) is 14.2. The van der Waals surface area contributed by atoms with Crippen molar-refractivity contribution in [2.45, 2.75) is 57.7 Å². The van der Waals surface area contributed by atoms with Crippen LogP contribution in [0.15, 0.2) is 12.5 Å². The summed E-state index contributed by atoms with van der Waals surface area (Å²) in [4.78, 5) is 45.1. The molecule has 132 valence electrons. The molecular formula is C16H24N4O4. The van der Waals surface area contributed by atoms with Crippen LogP contribution in [0.5, 0.6) is 0 Å². The minimum absolute atomic E-state index is 0.0104. The molecule has 2 rings (SSSR count). The summed E-state index contributed by atoms with van der Waals surface area (Å²) in [5, 5.41) is 2.49. The second-order valence-electron chi connectivity index (χ2n) is 6.17. The van der Waals surface area contributed by atoms with Gasteiger partial charge in [0, 0.05) is 30.4 Å². The lowest BCUT2D eigenvalue weighted by Gasteiger charge is -2.38. The SMILES string of the molecule is COC(=O)[C@H](Cc1cnc[nH]1)NC(=O)C(=O)N1C(C)CCCC1C. The van der Waals surface area contributed by atoms with Gasteiger partial charge in [0.25, 0.3) is 0 Å². The largest absolute Gasteiger partial charge is 0.467 e. The molecule has 8 heteroatoms. The highest BCUT2D eigenvalue weighted by atomic mass is 16.5. The van der Waals surface area contributed by atoms with Crippen molar-refractivity contribution >= 4 is 17.8 Å². The molecule has 1 fully saturated rings. The van der Waals surface area contributed by atoms with Gasteiger partial charge in [0.15, 0.2) is 0 Å². The zero-order valence-electron chi connectivity index (χ0n) is 14.2. The minimum Gasteiger partial charge on any atom is -0.467 e. The molecule has 3 atom stereocenters. The van der Waals surface area contributed by atoms with E-state index in [1.807, 2.05) is 13.8 Å². The number of likely N-dealkylation sites (tertiary alicyclic amines) is 1. The predicted molar refractivity (Wildman–Crippen MR) is 85.9 cm³/mol. The fourth-order valence-electron chi connectivity index (χ4n) is 3.11. The van der Waals surface area contributed by atoms with Gasteiger partial charge in [-0.25, -0.2) is 9.78 Å². The molecule has 2 N–H and O–H groups in total. The summed E-state index contributed by atoms with van der Waals surface area (Å²) in [6.07, 6.45) is 6.00. The second kappa shape index (κ2) is 7.94. The smallest absolute Gasteiger partial charge is 0.328 e. The van der Waals surface area contributed by atoms with Gasteiger partial charge in [0.1, 0.15) is 6.04 Å². The van der Waals surface area contributed by atoms with E-state index in [2.05, 4.69) is 15.3 Å². The first kappa shape index (κ1) is 18.0. The van der Waals surface area contributed by atoms with Crippen molar-refractivity contribution in [2.75, 3.05) is 7.11 Å². The van der Waals surface area contributed by atoms with Crippen LogP contribution in [0.25, 0.3) is 0 Å². The Morgan fingerprint density at radius 3 is 2.58 bits per heavy atom. The lowest BCUT2D eigenvalue weighted by atomic mass is 9.97. The van der Waals surface area contributed by atoms with E-state index in [0.717, 1.165) is 19.3 Å². The summed E-state index contributed by atoms with van der Waals surface area (Å²) in [5.41, 5.74) is 0.665. The number of aromatic nitrogens is 2. The van der Waals surface area contributed by atoms with Crippen molar-refractivity contribution in [3.63, 3.8) is 0 Å². The van der Waals surface area contributed by atoms with Crippen LogP contribution in [0, 0.1) is 0 Å². The van der Waals surface area contributed by atoms with Gasteiger partial charge in [-0.15, -0.1) is 0 Å². The summed E-state index contributed by atoms with van der Waals surface area (Å²) >= 11 is 0. The fraction of sp³-hybridized carbons (Fsp3) is 0.625. The number of amides is 2. The molecule has 8 nitrogen and oxygen atoms in total. The molecule has 1 aromatic heterocycles. The number of nitrogens with zero attached hydrogens (tertiary/aromatic N) is 2. The lowest BCUT2D eigenvalue weighted by Crippen LogP contribution is -2.55. The molecule has 1 saturated heterocycles. The van der Waals surface area contributed by atoms with E-state index in [4.69, 9.17) is 4.74 Å². The van der Waals surface area contributed by atoms with Gasteiger partial charge in [0.05, 0.1) is 13.4 Å². The number of hydrogen-bond acceptors (Lipinski definition) is 5. The van der Waals surface area contributed by atoms with Crippen LogP contribution in [0.4, 0.5) is 0 Å². The molecule has 2 unspecified atom stereocenters. The van der Waals surface area contributed by atoms with Crippen molar-refractivity contribution in [1.82, 2.24) is 20.2 Å². The van der Waals surface area contributed by atoms with E-state index >= 15 is 0 Å². The Kier molecular flexibility index (Phi) is 5.94. The Morgan fingerprint density at radius 1 is 1.38 bits per heavy atom. The molecule has 1 aromatic rings. The van der Waals surface area contributed by atoms with E-state index in [1.165, 1.54) is 13.4 Å². The molecule has 2 amide bonds. The number of nitrogens with one attached hydrogen (secondary N) is 2. The zero-order chi connectivity index (χ0) is 17.7. The molecule has 1 aliphatic heterocycles. The topological polar surface area (TPSA) is 104 Å². The normalized spacial score (nSPS) is 21.9. The van der Waals surface area contributed by atoms with Crippen molar-refractivity contribution in [3.05, 3.63) is 18.2 Å². The first-order chi connectivity index (χ1) is 11.4. The Hall–Kier alpha value is -2.38. The second-order valence-corrected chi connectivity index (χ2v) is 6.17. The van der Waals surface area contributed by atoms with E-state index in [0.29, 0.717) is 5.69 Å². The molecule has 0 saturated carbocycles. The summed E-state index contributed by atoms with van der Waals surface area (Å²) in [7, 11) is 1.24. The molecule has 0 radical (unpaired) electrons. The third-order valence-corrected chi connectivity index (χ3v) is 4.39. The van der Waals surface area contributed by atoms with Gasteiger partial charge < -0.3 is 19.9 Å². The number of imidazole rings is 1. The molecule has 1 aliphatic rings. The van der Waals surface area contributed by atoms with E-state index in [9.17, 15) is 14.4 Å². The summed E-state index contributed by atoms with van der Waals surface area (Å²) in [6.45, 7) is 3.87. The molecule has 2 heterocycles. The molecule has 0 bridgehead atoms. The maximum absolute atomic E-state index is 12.5. The fourth-order valence-corrected chi connectivity index (χ4v) is 3.11. The quantitative estimate of drug-likeness (QED) is 0.612. The number of hydrogen-bond donors (Lipinski definition) is 2. The lowest BCUT2D eigenvalue weighted by molar-refractivity contribution is -0.152. The summed E-state index contributed by atoms with van der Waals surface area (Å²) in [6, 6.07) is -0.922. The number of rotatable bonds is 4. The number of aromatic amines is 1. The average molecular weight is 336 g/mol. The highest BCUT2D eigenvalue weighted by molar-refractivity contribution is 6.35. The van der Waals surface area contributed by atoms with Crippen molar-refractivity contribution < 1.29 is 19.1 Å². The van der Waals surface area contributed by atoms with Crippen LogP contribution >= 0.6 is 0 Å². The van der Waals surface area contributed by atoms with Crippen LogP contribution < -0.4 is 5.32 Å². The Bertz CT molecular complexity index is 577. The molecule has 0 aliphatic carbocycles. The van der Waals surface area contributed by atoms with Crippen molar-refractivity contribution in [3.8, 4) is 0 Å². The van der Waals surface area contributed by atoms with Gasteiger partial charge in [-0.1, -0.05) is 0 Å². The van der Waals surface area contributed by atoms with Crippen molar-refractivity contribution in [2.24, 2.45) is 0 Å². The Balaban J connectivity index is 2.05. The average Bonchev–Trinajstić information content (AvgIpc) is 3.06. The number of carbonyl (C=O) groups excluding carboxylic acids is 3. The monoisotopic (exact) mass is 336 g/mol. The number of piperidine rings is 1. The van der Waals surface area contributed by atoms with E-state index in [1.54, 1.807) is 11.1 Å². The predicted octanol–water partition coefficient (Wildman–Crippen LogP) is 0.400. The standard InChI is InChI=1S/C16H24N4O4/c1-10-5-4-6-11(2)20(10)15(22)14(21)19-13(16(23)24-3)7-12-8-17-9-18-12/h8-11,13H,4-7H2,1-3H3,(H,17,18)(H,19,21)/t10?,11?,13-/m0/s1. The number of ether oxygens (including phenoxy) is 1. The maximum Gasteiger partial charge on any atom is 0.328 e. The summed E-state index contributed by atoms with van der Waals surface area (Å²) in [5.74, 6) is -2.00. The highest BCUT2D eigenvalue weighted by Gasteiger charge is 2.34. The van der Waals surface area contributed by atoms with Gasteiger partial charge in [-0.2, -0.15) is 0 Å². The Morgan fingerprint density at radius 2 is 2.04 bits per heavy atom. The van der Waals surface area contributed by atoms with Crippen LogP contribution in [-0.4, -0.2) is 57.9 Å². The molecule has 24 heavy (non-hydrogen) atoms. The maximum atomic E-state index is 12.5. The van der Waals surface area contributed by atoms with Crippen molar-refractivity contribution in [1.29, 1.82) is 0 Å². The van der Waals surface area contributed by atoms with Crippen LogP contribution in [0.2, 0.25) is 0 Å². The number of esters is 1. The number of carbonyl (C=O) groups is 3. The first-order valence-corrected chi connectivity index (χ1v) is 8.12. The van der Waals surface area contributed by atoms with Gasteiger partial charge >= 0.3 is 17.8 Å². The van der Waals surface area contributed by atoms with Gasteiger partial charge in [0.2, 0.25) is 0 Å². The minimum atomic E-state index is -0.942. The van der Waals surface area contributed by atoms with Gasteiger partial charge in [-0.3, -0.25) is 9.59 Å². The number of methoxy groups -OCH3 is 1. The van der Waals surface area contributed by atoms with Crippen LogP contribution in [-0.2, 0) is 25.5 Å². The highest BCUT2D eigenvalue weighted by Crippen LogP contribution is 2.22. The summed E-state index contributed by atoms with van der Waals surface area (Å²) < 4.78 is 4.72. The van der Waals surface area contributed by atoms with Crippen LogP contribution in [0.1, 0.15) is 38.8 Å². The third kappa shape index (κ3) is 4.12. The molecule has 0 aromatic carbocycles. The third-order valence-electron chi connectivity index (χ3n) is 4.39. The Labute approximate surface area is 141 Å². The molecule has 0 spiro atoms.